The van der Waals surface area contributed by atoms with Crippen LogP contribution in [-0.4, -0.2) is 38.6 Å². The van der Waals surface area contributed by atoms with E-state index >= 15 is 0 Å². The lowest BCUT2D eigenvalue weighted by atomic mass is 9.94. The number of aryl methyl sites for hydroxylation is 1. The molecule has 0 amide bonds. The Kier molecular flexibility index (Phi) is 7.34. The van der Waals surface area contributed by atoms with Crippen LogP contribution in [0.4, 0.5) is 5.69 Å². The molecule has 5 rings (SSSR count). The highest BCUT2D eigenvalue weighted by atomic mass is 32.2. The lowest BCUT2D eigenvalue weighted by Crippen LogP contribution is -2.49. The Balaban J connectivity index is 1.44. The molecule has 0 radical (unpaired) electrons. The zero-order valence-electron chi connectivity index (χ0n) is 22.6. The van der Waals surface area contributed by atoms with Crippen molar-refractivity contribution in [2.24, 2.45) is 0 Å². The molecule has 1 aliphatic rings. The maximum atomic E-state index is 13.2. The Labute approximate surface area is 232 Å². The number of benzene rings is 3. The first-order valence-electron chi connectivity index (χ1n) is 12.8. The van der Waals surface area contributed by atoms with Crippen LogP contribution in [0.5, 0.6) is 11.5 Å². The minimum Gasteiger partial charge on any atom is -0.505 e. The van der Waals surface area contributed by atoms with E-state index < -0.39 is 39.0 Å². The number of nitrogens with one attached hydrogen (secondary N) is 1. The molecule has 2 heterocycles. The molecule has 40 heavy (non-hydrogen) atoms. The van der Waals surface area contributed by atoms with E-state index in [1.54, 1.807) is 32.2 Å². The average molecular weight is 566 g/mol. The Morgan fingerprint density at radius 3 is 2.42 bits per heavy atom. The van der Waals surface area contributed by atoms with Gasteiger partial charge in [0.1, 0.15) is 11.3 Å². The van der Waals surface area contributed by atoms with E-state index in [4.69, 9.17) is 18.6 Å². The van der Waals surface area contributed by atoms with Gasteiger partial charge in [-0.25, -0.2) is 13.2 Å². The quantitative estimate of drug-likeness (QED) is 0.278. The van der Waals surface area contributed by atoms with Gasteiger partial charge in [-0.1, -0.05) is 42.5 Å². The fourth-order valence-corrected chi connectivity index (χ4v) is 6.09. The molecule has 10 heteroatoms. The summed E-state index contributed by atoms with van der Waals surface area (Å²) in [6.07, 6.45) is 0.730. The molecule has 210 valence electrons. The number of anilines is 1. The van der Waals surface area contributed by atoms with Crippen molar-refractivity contribution in [3.05, 3.63) is 82.7 Å². The van der Waals surface area contributed by atoms with Crippen LogP contribution >= 0.6 is 0 Å². The molecule has 0 aliphatic carbocycles. The third kappa shape index (κ3) is 5.30. The van der Waals surface area contributed by atoms with Gasteiger partial charge in [0.05, 0.1) is 22.0 Å². The summed E-state index contributed by atoms with van der Waals surface area (Å²) in [4.78, 5) is 12.9. The third-order valence-corrected chi connectivity index (χ3v) is 8.50. The standard InChI is InChI=1S/C30H31NO8S/c1-18-23(37-25-16-15-24(36-4)30(2,3)39-25)14-13-22-27(32)26(29(33)38-28(18)22)31-40(34,35)21-12-8-11-20(17-21)19-9-6-5-7-10-19/h5-14,17,24-25,31-32H,15-16H2,1-4H3/t24-,25-/m1/s1. The highest BCUT2D eigenvalue weighted by Crippen LogP contribution is 2.38. The summed E-state index contributed by atoms with van der Waals surface area (Å²) in [6.45, 7) is 5.55. The Bertz CT molecular complexity index is 1710. The van der Waals surface area contributed by atoms with Crippen molar-refractivity contribution in [2.45, 2.75) is 56.5 Å². The van der Waals surface area contributed by atoms with Gasteiger partial charge in [-0.15, -0.1) is 0 Å². The van der Waals surface area contributed by atoms with Crippen LogP contribution in [0.15, 0.2) is 80.8 Å². The van der Waals surface area contributed by atoms with Crippen molar-refractivity contribution in [3.63, 3.8) is 0 Å². The zero-order valence-corrected chi connectivity index (χ0v) is 23.4. The van der Waals surface area contributed by atoms with E-state index in [1.165, 1.54) is 18.2 Å². The van der Waals surface area contributed by atoms with Crippen LogP contribution in [0.1, 0.15) is 32.3 Å². The van der Waals surface area contributed by atoms with E-state index in [2.05, 4.69) is 4.72 Å². The Hall–Kier alpha value is -3.86. The fraction of sp³-hybridized carbons (Fsp3) is 0.300. The van der Waals surface area contributed by atoms with Crippen molar-refractivity contribution < 1.29 is 32.2 Å². The van der Waals surface area contributed by atoms with E-state index in [0.717, 1.165) is 12.0 Å². The molecule has 0 unspecified atom stereocenters. The molecule has 1 aliphatic heterocycles. The highest BCUT2D eigenvalue weighted by molar-refractivity contribution is 7.92. The predicted octanol–water partition coefficient (Wildman–Crippen LogP) is 5.58. The first-order chi connectivity index (χ1) is 19.0. The summed E-state index contributed by atoms with van der Waals surface area (Å²) >= 11 is 0. The van der Waals surface area contributed by atoms with Gasteiger partial charge < -0.3 is 23.7 Å². The lowest BCUT2D eigenvalue weighted by Gasteiger charge is -2.41. The van der Waals surface area contributed by atoms with Crippen LogP contribution in [-0.2, 0) is 19.5 Å². The first-order valence-corrected chi connectivity index (χ1v) is 14.3. The van der Waals surface area contributed by atoms with Crippen molar-refractivity contribution in [1.82, 2.24) is 0 Å². The van der Waals surface area contributed by atoms with Gasteiger partial charge in [-0.2, -0.15) is 0 Å². The number of hydrogen-bond acceptors (Lipinski definition) is 8. The minimum atomic E-state index is -4.23. The summed E-state index contributed by atoms with van der Waals surface area (Å²) in [6, 6.07) is 18.7. The molecular formula is C30H31NO8S. The second-order valence-corrected chi connectivity index (χ2v) is 11.9. The van der Waals surface area contributed by atoms with E-state index in [1.807, 2.05) is 44.2 Å². The van der Waals surface area contributed by atoms with Gasteiger partial charge in [-0.3, -0.25) is 4.72 Å². The Morgan fingerprint density at radius 1 is 1.00 bits per heavy atom. The van der Waals surface area contributed by atoms with Gasteiger partial charge in [0.25, 0.3) is 10.0 Å². The van der Waals surface area contributed by atoms with Crippen LogP contribution in [0.2, 0.25) is 0 Å². The van der Waals surface area contributed by atoms with Crippen LogP contribution in [0, 0.1) is 6.92 Å². The topological polar surface area (TPSA) is 124 Å². The average Bonchev–Trinajstić information content (AvgIpc) is 2.93. The number of methoxy groups -OCH3 is 1. The van der Waals surface area contributed by atoms with Crippen molar-refractivity contribution in [1.29, 1.82) is 0 Å². The Morgan fingerprint density at radius 2 is 1.73 bits per heavy atom. The number of hydrogen-bond donors (Lipinski definition) is 2. The number of rotatable bonds is 7. The lowest BCUT2D eigenvalue weighted by molar-refractivity contribution is -0.233. The summed E-state index contributed by atoms with van der Waals surface area (Å²) < 4.78 is 51.8. The molecule has 1 aromatic heterocycles. The maximum absolute atomic E-state index is 13.2. The fourth-order valence-electron chi connectivity index (χ4n) is 4.99. The predicted molar refractivity (Wildman–Crippen MR) is 151 cm³/mol. The normalized spacial score (nSPS) is 18.9. The largest absolute Gasteiger partial charge is 0.505 e. The number of fused-ring (bicyclic) bond motifs is 1. The van der Waals surface area contributed by atoms with Crippen LogP contribution < -0.4 is 15.1 Å². The molecule has 1 fully saturated rings. The van der Waals surface area contributed by atoms with E-state index in [9.17, 15) is 18.3 Å². The van der Waals surface area contributed by atoms with Crippen LogP contribution in [0.25, 0.3) is 22.1 Å². The molecule has 9 nitrogen and oxygen atoms in total. The second kappa shape index (κ2) is 10.6. The molecule has 3 aromatic carbocycles. The number of aromatic hydroxyl groups is 1. The zero-order chi connectivity index (χ0) is 28.7. The van der Waals surface area contributed by atoms with Gasteiger partial charge in [0, 0.05) is 19.1 Å². The summed E-state index contributed by atoms with van der Waals surface area (Å²) in [7, 11) is -2.59. The monoisotopic (exact) mass is 565 g/mol. The molecule has 2 N–H and O–H groups in total. The minimum absolute atomic E-state index is 0.0666. The number of sulfonamides is 1. The maximum Gasteiger partial charge on any atom is 0.364 e. The van der Waals surface area contributed by atoms with Crippen molar-refractivity contribution in [3.8, 4) is 22.6 Å². The summed E-state index contributed by atoms with van der Waals surface area (Å²) in [5, 5.41) is 11.1. The molecule has 0 bridgehead atoms. The molecular weight excluding hydrogens is 534 g/mol. The second-order valence-electron chi connectivity index (χ2n) is 10.2. The van der Waals surface area contributed by atoms with Crippen molar-refractivity contribution >= 4 is 26.7 Å². The number of ether oxygens (including phenoxy) is 3. The molecule has 0 saturated carbocycles. The van der Waals surface area contributed by atoms with Gasteiger partial charge in [0.2, 0.25) is 6.29 Å². The summed E-state index contributed by atoms with van der Waals surface area (Å²) in [5.41, 5.74) is -0.102. The first kappa shape index (κ1) is 27.7. The van der Waals surface area contributed by atoms with Crippen LogP contribution in [0.3, 0.4) is 0 Å². The molecule has 4 aromatic rings. The van der Waals surface area contributed by atoms with Gasteiger partial charge >= 0.3 is 5.63 Å². The molecule has 0 spiro atoms. The molecule has 2 atom stereocenters. The SMILES string of the molecule is CO[C@@H]1CC[C@H](Oc2ccc3c(O)c(NS(=O)(=O)c4cccc(-c5ccccc5)c4)c(=O)oc3c2C)OC1(C)C. The smallest absolute Gasteiger partial charge is 0.364 e. The van der Waals surface area contributed by atoms with Gasteiger partial charge in [-0.05, 0) is 62.6 Å². The van der Waals surface area contributed by atoms with E-state index in [0.29, 0.717) is 23.3 Å². The van der Waals surface area contributed by atoms with Crippen molar-refractivity contribution in [2.75, 3.05) is 11.8 Å². The molecule has 1 saturated heterocycles. The van der Waals surface area contributed by atoms with Gasteiger partial charge in [0.15, 0.2) is 11.4 Å². The summed E-state index contributed by atoms with van der Waals surface area (Å²) in [5.74, 6) is -0.126. The highest BCUT2D eigenvalue weighted by Gasteiger charge is 2.39. The third-order valence-electron chi connectivity index (χ3n) is 7.15. The van der Waals surface area contributed by atoms with E-state index in [-0.39, 0.29) is 22.0 Å².